The summed E-state index contributed by atoms with van der Waals surface area (Å²) in [6.07, 6.45) is 3.44. The van der Waals surface area contributed by atoms with Gasteiger partial charge in [0.15, 0.2) is 0 Å². The number of carbonyl (C=O) groups is 1. The van der Waals surface area contributed by atoms with Crippen LogP contribution < -0.4 is 10.1 Å². The third kappa shape index (κ3) is 6.74. The maximum atomic E-state index is 11.9. The highest BCUT2D eigenvalue weighted by atomic mass is 19.3. The third-order valence-electron chi connectivity index (χ3n) is 2.62. The zero-order valence-corrected chi connectivity index (χ0v) is 11.0. The average Bonchev–Trinajstić information content (AvgIpc) is 2.36. The summed E-state index contributed by atoms with van der Waals surface area (Å²) in [4.78, 5) is 11.6. The van der Waals surface area contributed by atoms with E-state index in [9.17, 15) is 13.6 Å². The number of hydrogen-bond acceptors (Lipinski definition) is 2. The van der Waals surface area contributed by atoms with Gasteiger partial charge in [0.05, 0.1) is 6.42 Å². The maximum absolute atomic E-state index is 11.9. The molecule has 0 heterocycles. The largest absolute Gasteiger partial charge is 0.435 e. The van der Waals surface area contributed by atoms with Gasteiger partial charge in [0.2, 0.25) is 5.91 Å². The van der Waals surface area contributed by atoms with Crippen molar-refractivity contribution in [2.24, 2.45) is 0 Å². The van der Waals surface area contributed by atoms with Crippen molar-refractivity contribution < 1.29 is 18.3 Å². The van der Waals surface area contributed by atoms with Crippen LogP contribution >= 0.6 is 0 Å². The highest BCUT2D eigenvalue weighted by Gasteiger charge is 2.06. The lowest BCUT2D eigenvalue weighted by Gasteiger charge is -2.07. The minimum Gasteiger partial charge on any atom is -0.435 e. The van der Waals surface area contributed by atoms with Crippen molar-refractivity contribution in [3.05, 3.63) is 29.8 Å². The molecular formula is C14H19F2NO2. The van der Waals surface area contributed by atoms with E-state index in [4.69, 9.17) is 0 Å². The lowest BCUT2D eigenvalue weighted by molar-refractivity contribution is -0.120. The Kier molecular flexibility index (Phi) is 6.85. The van der Waals surface area contributed by atoms with Gasteiger partial charge in [-0.15, -0.1) is 0 Å². The van der Waals surface area contributed by atoms with Gasteiger partial charge in [-0.2, -0.15) is 8.78 Å². The summed E-state index contributed by atoms with van der Waals surface area (Å²) < 4.78 is 28.1. The van der Waals surface area contributed by atoms with Gasteiger partial charge in [0.1, 0.15) is 5.75 Å². The number of ether oxygens (including phenoxy) is 1. The van der Waals surface area contributed by atoms with Gasteiger partial charge in [-0.25, -0.2) is 0 Å². The van der Waals surface area contributed by atoms with Crippen LogP contribution in [0, 0.1) is 0 Å². The predicted molar refractivity (Wildman–Crippen MR) is 69.3 cm³/mol. The van der Waals surface area contributed by atoms with Crippen LogP contribution in [0.4, 0.5) is 8.78 Å². The van der Waals surface area contributed by atoms with E-state index in [1.165, 1.54) is 12.1 Å². The van der Waals surface area contributed by atoms with Gasteiger partial charge in [0, 0.05) is 6.54 Å². The molecule has 0 unspecified atom stereocenters. The summed E-state index contributed by atoms with van der Waals surface area (Å²) in [5.41, 5.74) is 0.773. The standard InChI is InChI=1S/C14H19F2NO2/c1-2-3-4-9-17-13(18)10-11-5-7-12(8-6-11)19-14(15)16/h5-8,14H,2-4,9-10H2,1H3,(H,17,18). The Bertz CT molecular complexity index is 380. The van der Waals surface area contributed by atoms with E-state index < -0.39 is 6.61 Å². The molecule has 0 saturated heterocycles. The molecule has 0 bridgehead atoms. The Morgan fingerprint density at radius 3 is 2.53 bits per heavy atom. The first-order chi connectivity index (χ1) is 9.11. The van der Waals surface area contributed by atoms with E-state index in [1.54, 1.807) is 12.1 Å². The monoisotopic (exact) mass is 271 g/mol. The number of carbonyl (C=O) groups excluding carboxylic acids is 1. The summed E-state index contributed by atoms with van der Waals surface area (Å²) in [6.45, 7) is -0.0443. The van der Waals surface area contributed by atoms with Crippen molar-refractivity contribution in [1.29, 1.82) is 0 Å². The third-order valence-corrected chi connectivity index (χ3v) is 2.62. The van der Waals surface area contributed by atoms with Crippen LogP contribution in [0.1, 0.15) is 31.7 Å². The maximum Gasteiger partial charge on any atom is 0.387 e. The fourth-order valence-electron chi connectivity index (χ4n) is 1.64. The number of benzene rings is 1. The lowest BCUT2D eigenvalue weighted by Crippen LogP contribution is -2.26. The molecular weight excluding hydrogens is 252 g/mol. The molecule has 5 heteroatoms. The molecule has 1 rings (SSSR count). The number of unbranched alkanes of at least 4 members (excludes halogenated alkanes) is 2. The van der Waals surface area contributed by atoms with Crippen LogP contribution in [0.3, 0.4) is 0 Å². The molecule has 1 N–H and O–H groups in total. The molecule has 0 aliphatic rings. The van der Waals surface area contributed by atoms with Crippen LogP contribution in [0.15, 0.2) is 24.3 Å². The minimum atomic E-state index is -2.83. The molecule has 0 atom stereocenters. The van der Waals surface area contributed by atoms with E-state index in [0.717, 1.165) is 24.8 Å². The van der Waals surface area contributed by atoms with Gasteiger partial charge in [-0.3, -0.25) is 4.79 Å². The zero-order chi connectivity index (χ0) is 14.1. The van der Waals surface area contributed by atoms with Crippen molar-refractivity contribution in [2.45, 2.75) is 39.2 Å². The SMILES string of the molecule is CCCCCNC(=O)Cc1ccc(OC(F)F)cc1. The first-order valence-electron chi connectivity index (χ1n) is 6.42. The molecule has 1 aromatic carbocycles. The zero-order valence-electron chi connectivity index (χ0n) is 11.0. The Balaban J connectivity index is 2.34. The molecule has 1 aromatic rings. The van der Waals surface area contributed by atoms with Crippen LogP contribution in [0.2, 0.25) is 0 Å². The molecule has 0 spiro atoms. The van der Waals surface area contributed by atoms with Gasteiger partial charge in [-0.05, 0) is 24.1 Å². The molecule has 1 amide bonds. The highest BCUT2D eigenvalue weighted by molar-refractivity contribution is 5.78. The normalized spacial score (nSPS) is 10.5. The predicted octanol–water partition coefficient (Wildman–Crippen LogP) is 3.14. The number of rotatable bonds is 8. The van der Waals surface area contributed by atoms with Crippen molar-refractivity contribution in [2.75, 3.05) is 6.54 Å². The van der Waals surface area contributed by atoms with Crippen molar-refractivity contribution in [3.8, 4) is 5.75 Å². The van der Waals surface area contributed by atoms with Crippen LogP contribution in [-0.4, -0.2) is 19.1 Å². The first-order valence-corrected chi connectivity index (χ1v) is 6.42. The van der Waals surface area contributed by atoms with Crippen LogP contribution in [0.5, 0.6) is 5.75 Å². The average molecular weight is 271 g/mol. The highest BCUT2D eigenvalue weighted by Crippen LogP contribution is 2.15. The molecule has 19 heavy (non-hydrogen) atoms. The van der Waals surface area contributed by atoms with Crippen molar-refractivity contribution in [3.63, 3.8) is 0 Å². The molecule has 0 fully saturated rings. The molecule has 0 radical (unpaired) electrons. The summed E-state index contributed by atoms with van der Waals surface area (Å²) >= 11 is 0. The number of alkyl halides is 2. The summed E-state index contributed by atoms with van der Waals surface area (Å²) in [5, 5.41) is 2.82. The van der Waals surface area contributed by atoms with Crippen molar-refractivity contribution >= 4 is 5.91 Å². The van der Waals surface area contributed by atoms with E-state index >= 15 is 0 Å². The second-order valence-electron chi connectivity index (χ2n) is 4.26. The van der Waals surface area contributed by atoms with E-state index in [2.05, 4.69) is 17.0 Å². The minimum absolute atomic E-state index is 0.0568. The fraction of sp³-hybridized carbons (Fsp3) is 0.500. The summed E-state index contributed by atoms with van der Waals surface area (Å²) in [6, 6.07) is 6.10. The number of amides is 1. The topological polar surface area (TPSA) is 38.3 Å². The molecule has 0 aliphatic heterocycles. The Morgan fingerprint density at radius 2 is 1.95 bits per heavy atom. The number of hydrogen-bond donors (Lipinski definition) is 1. The molecule has 0 aliphatic carbocycles. The van der Waals surface area contributed by atoms with Crippen LogP contribution in [0.25, 0.3) is 0 Å². The van der Waals surface area contributed by atoms with E-state index in [-0.39, 0.29) is 18.1 Å². The second kappa shape index (κ2) is 8.45. The van der Waals surface area contributed by atoms with Gasteiger partial charge >= 0.3 is 6.61 Å². The molecule has 0 saturated carbocycles. The van der Waals surface area contributed by atoms with E-state index in [1.807, 2.05) is 0 Å². The molecule has 3 nitrogen and oxygen atoms in total. The smallest absolute Gasteiger partial charge is 0.387 e. The van der Waals surface area contributed by atoms with Crippen LogP contribution in [-0.2, 0) is 11.2 Å². The van der Waals surface area contributed by atoms with Gasteiger partial charge < -0.3 is 10.1 Å². The second-order valence-corrected chi connectivity index (χ2v) is 4.26. The lowest BCUT2D eigenvalue weighted by atomic mass is 10.1. The number of halogens is 2. The Labute approximate surface area is 112 Å². The first kappa shape index (κ1) is 15.4. The summed E-state index contributed by atoms with van der Waals surface area (Å²) in [5.74, 6) is 0.0423. The van der Waals surface area contributed by atoms with Crippen molar-refractivity contribution in [1.82, 2.24) is 5.32 Å². The van der Waals surface area contributed by atoms with Gasteiger partial charge in [0.25, 0.3) is 0 Å². The molecule has 106 valence electrons. The van der Waals surface area contributed by atoms with E-state index in [0.29, 0.717) is 6.54 Å². The Morgan fingerprint density at radius 1 is 1.26 bits per heavy atom. The number of nitrogens with one attached hydrogen (secondary N) is 1. The molecule has 0 aromatic heterocycles. The summed E-state index contributed by atoms with van der Waals surface area (Å²) in [7, 11) is 0. The van der Waals surface area contributed by atoms with Gasteiger partial charge in [-0.1, -0.05) is 31.9 Å². The quantitative estimate of drug-likeness (QED) is 0.738. The fourth-order valence-corrected chi connectivity index (χ4v) is 1.64. The Hall–Kier alpha value is -1.65.